The van der Waals surface area contributed by atoms with E-state index < -0.39 is 0 Å². The van der Waals surface area contributed by atoms with E-state index in [2.05, 4.69) is 5.32 Å². The van der Waals surface area contributed by atoms with E-state index in [4.69, 9.17) is 27.9 Å². The summed E-state index contributed by atoms with van der Waals surface area (Å²) in [6.07, 6.45) is 0.265. The van der Waals surface area contributed by atoms with Crippen LogP contribution in [0, 0.1) is 0 Å². The fourth-order valence-corrected chi connectivity index (χ4v) is 2.20. The molecule has 1 N–H and O–H groups in total. The molecule has 0 aliphatic rings. The van der Waals surface area contributed by atoms with Crippen molar-refractivity contribution in [3.63, 3.8) is 0 Å². The molecule has 0 atom stereocenters. The van der Waals surface area contributed by atoms with Crippen molar-refractivity contribution in [2.24, 2.45) is 0 Å². The average Bonchev–Trinajstić information content (AvgIpc) is 2.49. The van der Waals surface area contributed by atoms with E-state index in [-0.39, 0.29) is 12.3 Å². The zero-order chi connectivity index (χ0) is 15.2. The molecular formula is C16H15Cl2NO2. The molecule has 0 spiro atoms. The first kappa shape index (κ1) is 15.7. The molecule has 2 rings (SSSR count). The molecule has 2 aromatic rings. The Morgan fingerprint density at radius 1 is 1.10 bits per heavy atom. The van der Waals surface area contributed by atoms with E-state index in [0.29, 0.717) is 16.6 Å². The summed E-state index contributed by atoms with van der Waals surface area (Å²) in [7, 11) is 1.61. The fourth-order valence-electron chi connectivity index (χ4n) is 1.88. The first-order valence-electron chi connectivity index (χ1n) is 6.42. The highest BCUT2D eigenvalue weighted by Crippen LogP contribution is 2.22. The molecule has 0 radical (unpaired) electrons. The first-order chi connectivity index (χ1) is 10.1. The van der Waals surface area contributed by atoms with Crippen LogP contribution in [0.25, 0.3) is 0 Å². The molecule has 0 saturated heterocycles. The van der Waals surface area contributed by atoms with Gasteiger partial charge in [-0.05, 0) is 35.4 Å². The minimum atomic E-state index is -0.0730. The second-order valence-corrected chi connectivity index (χ2v) is 5.37. The molecule has 3 nitrogen and oxygen atoms in total. The predicted molar refractivity (Wildman–Crippen MR) is 85.0 cm³/mol. The van der Waals surface area contributed by atoms with Gasteiger partial charge in [0.25, 0.3) is 0 Å². The van der Waals surface area contributed by atoms with Crippen LogP contribution in [0.4, 0.5) is 0 Å². The summed E-state index contributed by atoms with van der Waals surface area (Å²) in [4.78, 5) is 11.9. The molecule has 0 bridgehead atoms. The van der Waals surface area contributed by atoms with Gasteiger partial charge in [0.15, 0.2) is 0 Å². The number of carbonyl (C=O) groups is 1. The van der Waals surface area contributed by atoms with Gasteiger partial charge in [0, 0.05) is 6.54 Å². The van der Waals surface area contributed by atoms with Crippen molar-refractivity contribution in [1.82, 2.24) is 5.32 Å². The number of methoxy groups -OCH3 is 1. The molecule has 0 aromatic heterocycles. The Kier molecular flexibility index (Phi) is 5.48. The Morgan fingerprint density at radius 2 is 1.90 bits per heavy atom. The smallest absolute Gasteiger partial charge is 0.224 e. The van der Waals surface area contributed by atoms with Gasteiger partial charge in [-0.15, -0.1) is 0 Å². The number of amides is 1. The largest absolute Gasteiger partial charge is 0.497 e. The highest BCUT2D eigenvalue weighted by molar-refractivity contribution is 6.42. The van der Waals surface area contributed by atoms with Crippen molar-refractivity contribution in [3.8, 4) is 5.75 Å². The van der Waals surface area contributed by atoms with Crippen LogP contribution in [0.3, 0.4) is 0 Å². The van der Waals surface area contributed by atoms with E-state index in [0.717, 1.165) is 16.9 Å². The van der Waals surface area contributed by atoms with Crippen molar-refractivity contribution < 1.29 is 9.53 Å². The third kappa shape index (κ3) is 4.66. The van der Waals surface area contributed by atoms with E-state index >= 15 is 0 Å². The van der Waals surface area contributed by atoms with Gasteiger partial charge in [-0.25, -0.2) is 0 Å². The molecule has 0 aliphatic heterocycles. The van der Waals surface area contributed by atoms with Gasteiger partial charge in [-0.1, -0.05) is 41.4 Å². The zero-order valence-electron chi connectivity index (χ0n) is 11.5. The number of nitrogens with one attached hydrogen (secondary N) is 1. The van der Waals surface area contributed by atoms with E-state index in [1.807, 2.05) is 24.3 Å². The normalized spacial score (nSPS) is 10.2. The summed E-state index contributed by atoms with van der Waals surface area (Å²) in [6, 6.07) is 12.8. The maximum atomic E-state index is 11.9. The van der Waals surface area contributed by atoms with Crippen LogP contribution in [0.2, 0.25) is 10.0 Å². The third-order valence-electron chi connectivity index (χ3n) is 2.97. The molecule has 21 heavy (non-hydrogen) atoms. The van der Waals surface area contributed by atoms with E-state index in [1.165, 1.54) is 0 Å². The van der Waals surface area contributed by atoms with Crippen LogP contribution in [0.1, 0.15) is 11.1 Å². The predicted octanol–water partition coefficient (Wildman–Crippen LogP) is 3.86. The Labute approximate surface area is 133 Å². The third-order valence-corrected chi connectivity index (χ3v) is 3.71. The molecular weight excluding hydrogens is 309 g/mol. The number of benzene rings is 2. The van der Waals surface area contributed by atoms with E-state index in [9.17, 15) is 4.79 Å². The molecule has 2 aromatic carbocycles. The zero-order valence-corrected chi connectivity index (χ0v) is 13.0. The molecule has 0 aliphatic carbocycles. The maximum Gasteiger partial charge on any atom is 0.224 e. The topological polar surface area (TPSA) is 38.3 Å². The number of hydrogen-bond acceptors (Lipinski definition) is 2. The summed E-state index contributed by atoms with van der Waals surface area (Å²) in [6.45, 7) is 0.456. The van der Waals surface area contributed by atoms with Crippen molar-refractivity contribution >= 4 is 29.1 Å². The fraction of sp³-hybridized carbons (Fsp3) is 0.188. The Morgan fingerprint density at radius 3 is 2.62 bits per heavy atom. The molecule has 110 valence electrons. The van der Waals surface area contributed by atoms with Crippen LogP contribution in [-0.2, 0) is 17.8 Å². The van der Waals surface area contributed by atoms with E-state index in [1.54, 1.807) is 25.3 Å². The quantitative estimate of drug-likeness (QED) is 0.907. The van der Waals surface area contributed by atoms with Crippen LogP contribution < -0.4 is 10.1 Å². The Balaban J connectivity index is 1.91. The molecule has 0 saturated carbocycles. The van der Waals surface area contributed by atoms with Crippen molar-refractivity contribution in [2.45, 2.75) is 13.0 Å². The number of carbonyl (C=O) groups excluding carboxylic acids is 1. The monoisotopic (exact) mass is 323 g/mol. The lowest BCUT2D eigenvalue weighted by Gasteiger charge is -2.07. The van der Waals surface area contributed by atoms with Gasteiger partial charge in [0.05, 0.1) is 23.6 Å². The Bertz CT molecular complexity index is 644. The molecule has 0 unspecified atom stereocenters. The first-order valence-corrected chi connectivity index (χ1v) is 7.17. The molecule has 0 fully saturated rings. The summed E-state index contributed by atoms with van der Waals surface area (Å²) in [5.41, 5.74) is 1.81. The number of halogens is 2. The Hall–Kier alpha value is -1.71. The number of ether oxygens (including phenoxy) is 1. The van der Waals surface area contributed by atoms with Gasteiger partial charge in [0.1, 0.15) is 5.75 Å². The summed E-state index contributed by atoms with van der Waals surface area (Å²) >= 11 is 11.8. The SMILES string of the molecule is COc1cccc(CNC(=O)Cc2ccc(Cl)c(Cl)c2)c1. The lowest BCUT2D eigenvalue weighted by Crippen LogP contribution is -2.24. The van der Waals surface area contributed by atoms with Gasteiger partial charge in [-0.3, -0.25) is 4.79 Å². The maximum absolute atomic E-state index is 11.9. The lowest BCUT2D eigenvalue weighted by atomic mass is 10.1. The van der Waals surface area contributed by atoms with Crippen molar-refractivity contribution in [2.75, 3.05) is 7.11 Å². The number of hydrogen-bond donors (Lipinski definition) is 1. The van der Waals surface area contributed by atoms with Gasteiger partial charge < -0.3 is 10.1 Å². The van der Waals surface area contributed by atoms with Gasteiger partial charge in [0.2, 0.25) is 5.91 Å². The highest BCUT2D eigenvalue weighted by Gasteiger charge is 2.06. The lowest BCUT2D eigenvalue weighted by molar-refractivity contribution is -0.120. The second-order valence-electron chi connectivity index (χ2n) is 4.55. The highest BCUT2D eigenvalue weighted by atomic mass is 35.5. The van der Waals surface area contributed by atoms with Crippen LogP contribution in [0.5, 0.6) is 5.75 Å². The minimum absolute atomic E-state index is 0.0730. The van der Waals surface area contributed by atoms with Gasteiger partial charge in [-0.2, -0.15) is 0 Å². The van der Waals surface area contributed by atoms with Crippen molar-refractivity contribution in [3.05, 3.63) is 63.6 Å². The summed E-state index contributed by atoms with van der Waals surface area (Å²) in [5.74, 6) is 0.697. The van der Waals surface area contributed by atoms with Crippen LogP contribution in [0.15, 0.2) is 42.5 Å². The number of rotatable bonds is 5. The second kappa shape index (κ2) is 7.34. The van der Waals surface area contributed by atoms with Gasteiger partial charge >= 0.3 is 0 Å². The molecule has 0 heterocycles. The summed E-state index contributed by atoms with van der Waals surface area (Å²) in [5, 5.41) is 3.80. The standard InChI is InChI=1S/C16H15Cl2NO2/c1-21-13-4-2-3-12(7-13)10-19-16(20)9-11-5-6-14(17)15(18)8-11/h2-8H,9-10H2,1H3,(H,19,20). The minimum Gasteiger partial charge on any atom is -0.497 e. The van der Waals surface area contributed by atoms with Crippen LogP contribution in [-0.4, -0.2) is 13.0 Å². The average molecular weight is 324 g/mol. The van der Waals surface area contributed by atoms with Crippen molar-refractivity contribution in [1.29, 1.82) is 0 Å². The molecule has 1 amide bonds. The molecule has 5 heteroatoms. The van der Waals surface area contributed by atoms with Crippen LogP contribution >= 0.6 is 23.2 Å². The summed E-state index contributed by atoms with van der Waals surface area (Å²) < 4.78 is 5.14.